The van der Waals surface area contributed by atoms with Gasteiger partial charge in [-0.1, -0.05) is 43.8 Å². The summed E-state index contributed by atoms with van der Waals surface area (Å²) in [6.07, 6.45) is 1.74. The van der Waals surface area contributed by atoms with Crippen LogP contribution in [-0.2, 0) is 4.79 Å². The maximum absolute atomic E-state index is 10.7. The van der Waals surface area contributed by atoms with E-state index in [0.717, 1.165) is 11.1 Å². The Balaban J connectivity index is 2.86. The molecule has 0 aliphatic heterocycles. The third-order valence-corrected chi connectivity index (χ3v) is 2.52. The zero-order chi connectivity index (χ0) is 11.4. The van der Waals surface area contributed by atoms with Crippen LogP contribution in [0.2, 0.25) is 0 Å². The maximum Gasteiger partial charge on any atom is 0.321 e. The fraction of sp³-hybridized carbons (Fsp3) is 0.250. The van der Waals surface area contributed by atoms with Gasteiger partial charge in [0.1, 0.15) is 6.04 Å². The van der Waals surface area contributed by atoms with Gasteiger partial charge >= 0.3 is 5.97 Å². The number of hydrogen-bond donors (Lipinski definition) is 2. The van der Waals surface area contributed by atoms with Crippen molar-refractivity contribution in [2.24, 2.45) is 5.73 Å². The summed E-state index contributed by atoms with van der Waals surface area (Å²) in [6.45, 7) is 5.46. The lowest BCUT2D eigenvalue weighted by atomic mass is 9.93. The minimum Gasteiger partial charge on any atom is -0.480 e. The van der Waals surface area contributed by atoms with Crippen molar-refractivity contribution >= 4 is 12.0 Å². The van der Waals surface area contributed by atoms with Gasteiger partial charge in [-0.3, -0.25) is 4.79 Å². The molecule has 0 saturated heterocycles. The van der Waals surface area contributed by atoms with E-state index in [9.17, 15) is 4.79 Å². The van der Waals surface area contributed by atoms with Crippen LogP contribution < -0.4 is 5.73 Å². The van der Waals surface area contributed by atoms with E-state index < -0.39 is 12.0 Å². The van der Waals surface area contributed by atoms with Crippen molar-refractivity contribution in [3.63, 3.8) is 0 Å². The summed E-state index contributed by atoms with van der Waals surface area (Å²) in [5.41, 5.74) is 7.48. The van der Waals surface area contributed by atoms with Crippen LogP contribution in [0.5, 0.6) is 0 Å². The van der Waals surface area contributed by atoms with Gasteiger partial charge < -0.3 is 10.8 Å². The first kappa shape index (κ1) is 11.5. The molecule has 2 atom stereocenters. The van der Waals surface area contributed by atoms with Crippen LogP contribution >= 0.6 is 0 Å². The predicted octanol–water partition coefficient (Wildman–Crippen LogP) is 1.85. The quantitative estimate of drug-likeness (QED) is 0.788. The highest BCUT2D eigenvalue weighted by Crippen LogP contribution is 2.19. The van der Waals surface area contributed by atoms with Crippen molar-refractivity contribution < 1.29 is 9.90 Å². The second kappa shape index (κ2) is 4.75. The van der Waals surface area contributed by atoms with Crippen LogP contribution in [0.4, 0.5) is 0 Å². The molecule has 0 aliphatic carbocycles. The summed E-state index contributed by atoms with van der Waals surface area (Å²) >= 11 is 0. The highest BCUT2D eigenvalue weighted by molar-refractivity contribution is 5.74. The normalized spacial score (nSPS) is 14.3. The number of carbonyl (C=O) groups is 1. The lowest BCUT2D eigenvalue weighted by Gasteiger charge is -2.16. The van der Waals surface area contributed by atoms with Gasteiger partial charge in [-0.2, -0.15) is 0 Å². The molecule has 15 heavy (non-hydrogen) atoms. The van der Waals surface area contributed by atoms with E-state index in [0.29, 0.717) is 0 Å². The first-order valence-electron chi connectivity index (χ1n) is 4.77. The molecule has 1 rings (SSSR count). The second-order valence-corrected chi connectivity index (χ2v) is 3.52. The third-order valence-electron chi connectivity index (χ3n) is 2.52. The molecule has 0 bridgehead atoms. The molecule has 3 nitrogen and oxygen atoms in total. The molecule has 0 aliphatic rings. The van der Waals surface area contributed by atoms with Crippen molar-refractivity contribution in [2.75, 3.05) is 0 Å². The minimum atomic E-state index is -0.977. The fourth-order valence-electron chi connectivity index (χ4n) is 1.36. The van der Waals surface area contributed by atoms with Crippen molar-refractivity contribution in [1.29, 1.82) is 0 Å². The molecule has 0 amide bonds. The minimum absolute atomic E-state index is 0.193. The maximum atomic E-state index is 10.7. The molecule has 80 valence electrons. The first-order valence-corrected chi connectivity index (χ1v) is 4.77. The second-order valence-electron chi connectivity index (χ2n) is 3.52. The van der Waals surface area contributed by atoms with Crippen LogP contribution in [0, 0.1) is 0 Å². The van der Waals surface area contributed by atoms with Gasteiger partial charge in [-0.05, 0) is 11.1 Å². The fourth-order valence-corrected chi connectivity index (χ4v) is 1.36. The number of benzene rings is 1. The molecule has 0 aromatic heterocycles. The lowest BCUT2D eigenvalue weighted by Crippen LogP contribution is -2.35. The van der Waals surface area contributed by atoms with Gasteiger partial charge in [-0.15, -0.1) is 0 Å². The Morgan fingerprint density at radius 3 is 2.40 bits per heavy atom. The van der Waals surface area contributed by atoms with E-state index in [2.05, 4.69) is 6.58 Å². The number of nitrogens with two attached hydrogens (primary N) is 1. The van der Waals surface area contributed by atoms with Crippen molar-refractivity contribution in [1.82, 2.24) is 0 Å². The van der Waals surface area contributed by atoms with E-state index in [1.807, 2.05) is 31.2 Å². The highest BCUT2D eigenvalue weighted by atomic mass is 16.4. The Morgan fingerprint density at radius 1 is 1.47 bits per heavy atom. The van der Waals surface area contributed by atoms with Gasteiger partial charge in [0.2, 0.25) is 0 Å². The number of carboxylic acid groups (broad SMARTS) is 1. The molecule has 0 radical (unpaired) electrons. The zero-order valence-electron chi connectivity index (χ0n) is 8.68. The molecular weight excluding hydrogens is 190 g/mol. The van der Waals surface area contributed by atoms with Crippen molar-refractivity contribution in [3.8, 4) is 0 Å². The monoisotopic (exact) mass is 205 g/mol. The molecule has 1 aromatic carbocycles. The van der Waals surface area contributed by atoms with Gasteiger partial charge in [0, 0.05) is 5.92 Å². The topological polar surface area (TPSA) is 63.3 Å². The number of aliphatic carboxylic acids is 1. The third kappa shape index (κ3) is 2.67. The zero-order valence-corrected chi connectivity index (χ0v) is 8.68. The molecule has 3 heteroatoms. The van der Waals surface area contributed by atoms with Gasteiger partial charge in [-0.25, -0.2) is 0 Å². The largest absolute Gasteiger partial charge is 0.480 e. The highest BCUT2D eigenvalue weighted by Gasteiger charge is 2.20. The smallest absolute Gasteiger partial charge is 0.321 e. The van der Waals surface area contributed by atoms with Crippen LogP contribution in [0.15, 0.2) is 30.8 Å². The van der Waals surface area contributed by atoms with Gasteiger partial charge in [0.15, 0.2) is 0 Å². The van der Waals surface area contributed by atoms with E-state index in [-0.39, 0.29) is 5.92 Å². The van der Waals surface area contributed by atoms with E-state index in [1.165, 1.54) is 0 Å². The molecular formula is C12H15NO2. The molecule has 0 fully saturated rings. The summed E-state index contributed by atoms with van der Waals surface area (Å²) in [7, 11) is 0. The standard InChI is InChI=1S/C12H15NO2/c1-3-9-4-6-10(7-5-9)8(2)11(13)12(14)15/h3-8,11H,1,13H2,2H3,(H,14,15)/t8-,11+/m1/s1. The Kier molecular flexibility index (Phi) is 3.63. The summed E-state index contributed by atoms with van der Waals surface area (Å²) in [5.74, 6) is -1.17. The summed E-state index contributed by atoms with van der Waals surface area (Å²) in [6, 6.07) is 6.69. The Morgan fingerprint density at radius 2 is 2.00 bits per heavy atom. The van der Waals surface area contributed by atoms with E-state index in [4.69, 9.17) is 10.8 Å². The Hall–Kier alpha value is -1.61. The molecule has 1 aromatic rings. The number of carboxylic acids is 1. The summed E-state index contributed by atoms with van der Waals surface area (Å²) in [5, 5.41) is 8.77. The average Bonchev–Trinajstić information content (AvgIpc) is 2.27. The van der Waals surface area contributed by atoms with Crippen LogP contribution in [-0.4, -0.2) is 17.1 Å². The number of hydrogen-bond acceptors (Lipinski definition) is 2. The van der Waals surface area contributed by atoms with Crippen LogP contribution in [0.25, 0.3) is 6.08 Å². The van der Waals surface area contributed by atoms with Crippen molar-refractivity contribution in [3.05, 3.63) is 42.0 Å². The van der Waals surface area contributed by atoms with Crippen molar-refractivity contribution in [2.45, 2.75) is 18.9 Å². The summed E-state index contributed by atoms with van der Waals surface area (Å²) < 4.78 is 0. The van der Waals surface area contributed by atoms with Crippen LogP contribution in [0.1, 0.15) is 24.0 Å². The van der Waals surface area contributed by atoms with E-state index in [1.54, 1.807) is 6.08 Å². The average molecular weight is 205 g/mol. The Labute approximate surface area is 89.2 Å². The molecule has 3 N–H and O–H groups in total. The van der Waals surface area contributed by atoms with Gasteiger partial charge in [0.05, 0.1) is 0 Å². The molecule has 0 heterocycles. The first-order chi connectivity index (χ1) is 7.06. The molecule has 0 saturated carbocycles. The lowest BCUT2D eigenvalue weighted by molar-refractivity contribution is -0.139. The molecule has 0 spiro atoms. The van der Waals surface area contributed by atoms with E-state index >= 15 is 0 Å². The van der Waals surface area contributed by atoms with Gasteiger partial charge in [0.25, 0.3) is 0 Å². The summed E-state index contributed by atoms with van der Waals surface area (Å²) in [4.78, 5) is 10.7. The Bertz CT molecular complexity index is 356. The van der Waals surface area contributed by atoms with Crippen LogP contribution in [0.3, 0.4) is 0 Å². The predicted molar refractivity (Wildman–Crippen MR) is 60.6 cm³/mol. The molecule has 0 unspecified atom stereocenters. The SMILES string of the molecule is C=Cc1ccc([C@@H](C)[C@H](N)C(=O)O)cc1. The number of rotatable bonds is 4.